The quantitative estimate of drug-likeness (QED) is 0.252. The van der Waals surface area contributed by atoms with Crippen LogP contribution in [0.2, 0.25) is 0 Å². The van der Waals surface area contributed by atoms with E-state index in [1.165, 1.54) is 17.8 Å². The molecule has 0 fully saturated rings. The van der Waals surface area contributed by atoms with Gasteiger partial charge in [0.2, 0.25) is 0 Å². The number of hydrogen-bond acceptors (Lipinski definition) is 3. The van der Waals surface area contributed by atoms with E-state index in [1.807, 2.05) is 24.3 Å². The lowest BCUT2D eigenvalue weighted by atomic mass is 10.1. The average Bonchev–Trinajstić information content (AvgIpc) is 2.78. The molecule has 0 aliphatic rings. The number of anilines is 1. The Morgan fingerprint density at radius 3 is 2.36 bits per heavy atom. The number of amides is 2. The second kappa shape index (κ2) is 13.8. The molecule has 1 unspecified atom stereocenters. The molecule has 2 amide bonds. The molecule has 5 nitrogen and oxygen atoms in total. The highest BCUT2D eigenvalue weighted by Crippen LogP contribution is 2.24. The van der Waals surface area contributed by atoms with Gasteiger partial charge in [-0.2, -0.15) is 0 Å². The van der Waals surface area contributed by atoms with E-state index in [0.717, 1.165) is 54.7 Å². The summed E-state index contributed by atoms with van der Waals surface area (Å²) in [5.74, 6) is -2.37. The maximum absolute atomic E-state index is 14.0. The van der Waals surface area contributed by atoms with Crippen molar-refractivity contribution in [3.8, 4) is 0 Å². The van der Waals surface area contributed by atoms with Crippen molar-refractivity contribution < 1.29 is 23.5 Å². The molecule has 0 aromatic heterocycles. The van der Waals surface area contributed by atoms with Crippen LogP contribution in [-0.4, -0.2) is 40.3 Å². The van der Waals surface area contributed by atoms with Gasteiger partial charge >= 0.3 is 12.0 Å². The molecule has 0 saturated heterocycles. The number of aliphatic carboxylic acids is 1. The highest BCUT2D eigenvalue weighted by Gasteiger charge is 2.16. The number of thioether (sulfide) groups is 1. The number of nitrogens with zero attached hydrogens (tertiary/aromatic N) is 1. The summed E-state index contributed by atoms with van der Waals surface area (Å²) in [7, 11) is 0. The molecule has 2 N–H and O–H groups in total. The van der Waals surface area contributed by atoms with E-state index in [9.17, 15) is 18.4 Å². The van der Waals surface area contributed by atoms with Gasteiger partial charge in [-0.25, -0.2) is 13.6 Å². The van der Waals surface area contributed by atoms with E-state index in [0.29, 0.717) is 19.5 Å². The maximum atomic E-state index is 14.0. The van der Waals surface area contributed by atoms with E-state index in [2.05, 4.69) is 12.2 Å². The summed E-state index contributed by atoms with van der Waals surface area (Å²) in [5.41, 5.74) is 0.963. The van der Waals surface area contributed by atoms with Crippen molar-refractivity contribution in [1.29, 1.82) is 0 Å². The van der Waals surface area contributed by atoms with Gasteiger partial charge in [0.25, 0.3) is 0 Å². The van der Waals surface area contributed by atoms with E-state index in [-0.39, 0.29) is 5.69 Å². The molecule has 0 heterocycles. The fourth-order valence-electron chi connectivity index (χ4n) is 3.26. The second-order valence-electron chi connectivity index (χ2n) is 7.95. The van der Waals surface area contributed by atoms with Crippen molar-refractivity contribution in [2.75, 3.05) is 18.4 Å². The van der Waals surface area contributed by atoms with Crippen LogP contribution in [0.5, 0.6) is 0 Å². The Kier molecular flexibility index (Phi) is 11.2. The van der Waals surface area contributed by atoms with Gasteiger partial charge in [0.1, 0.15) is 16.9 Å². The van der Waals surface area contributed by atoms with Crippen LogP contribution in [0.4, 0.5) is 19.3 Å². The summed E-state index contributed by atoms with van der Waals surface area (Å²) in [4.78, 5) is 26.4. The van der Waals surface area contributed by atoms with Crippen molar-refractivity contribution in [2.24, 2.45) is 0 Å². The fourth-order valence-corrected chi connectivity index (χ4v) is 4.06. The lowest BCUT2D eigenvalue weighted by molar-refractivity contribution is -0.136. The van der Waals surface area contributed by atoms with Crippen LogP contribution in [0.3, 0.4) is 0 Å². The molecule has 2 rings (SSSR count). The number of carboxylic acid groups (broad SMARTS) is 1. The topological polar surface area (TPSA) is 69.6 Å². The van der Waals surface area contributed by atoms with Crippen molar-refractivity contribution >= 4 is 29.4 Å². The van der Waals surface area contributed by atoms with E-state index in [1.54, 1.807) is 11.8 Å². The highest BCUT2D eigenvalue weighted by molar-refractivity contribution is 8.00. The van der Waals surface area contributed by atoms with Gasteiger partial charge in [-0.15, -0.1) is 11.8 Å². The third-order valence-electron chi connectivity index (χ3n) is 5.25. The number of carbonyl (C=O) groups is 2. The van der Waals surface area contributed by atoms with Crippen LogP contribution >= 0.6 is 11.8 Å². The summed E-state index contributed by atoms with van der Waals surface area (Å²) in [6.45, 7) is 4.77. The number of nitrogens with one attached hydrogen (secondary N) is 1. The standard InChI is InChI=1S/C25H32F2N2O3S/c1-3-4-5-6-7-15-29(25(32)28-23-13-10-20(26)17-22(23)27)16-14-19-8-11-21(12-9-19)33-18(2)24(30)31/h8-13,17-18H,3-7,14-16H2,1-2H3,(H,28,32)(H,30,31). The van der Waals surface area contributed by atoms with E-state index < -0.39 is 28.9 Å². The monoisotopic (exact) mass is 478 g/mol. The largest absolute Gasteiger partial charge is 0.480 e. The average molecular weight is 479 g/mol. The number of urea groups is 1. The number of carboxylic acids is 1. The summed E-state index contributed by atoms with van der Waals surface area (Å²) in [5, 5.41) is 11.1. The van der Waals surface area contributed by atoms with Crippen molar-refractivity contribution in [3.63, 3.8) is 0 Å². The van der Waals surface area contributed by atoms with E-state index >= 15 is 0 Å². The molecule has 180 valence electrons. The fraction of sp³-hybridized carbons (Fsp3) is 0.440. The molecule has 33 heavy (non-hydrogen) atoms. The van der Waals surface area contributed by atoms with Crippen molar-refractivity contribution in [2.45, 2.75) is 62.5 Å². The molecule has 8 heteroatoms. The minimum Gasteiger partial charge on any atom is -0.480 e. The van der Waals surface area contributed by atoms with Gasteiger partial charge in [0, 0.05) is 24.1 Å². The van der Waals surface area contributed by atoms with Crippen LogP contribution < -0.4 is 5.32 Å². The molecular weight excluding hydrogens is 446 g/mol. The number of halogens is 2. The van der Waals surface area contributed by atoms with Crippen LogP contribution in [-0.2, 0) is 11.2 Å². The Morgan fingerprint density at radius 2 is 1.73 bits per heavy atom. The molecule has 0 aliphatic heterocycles. The van der Waals surface area contributed by atoms with Gasteiger partial charge in [0.05, 0.1) is 5.69 Å². The van der Waals surface area contributed by atoms with Gasteiger partial charge in [0.15, 0.2) is 0 Å². The zero-order chi connectivity index (χ0) is 24.2. The van der Waals surface area contributed by atoms with Crippen molar-refractivity contribution in [1.82, 2.24) is 4.90 Å². The minimum atomic E-state index is -0.859. The predicted molar refractivity (Wildman–Crippen MR) is 129 cm³/mol. The third kappa shape index (κ3) is 9.42. The number of hydrogen-bond donors (Lipinski definition) is 2. The first-order valence-corrected chi connectivity index (χ1v) is 12.2. The van der Waals surface area contributed by atoms with Gasteiger partial charge in [-0.3, -0.25) is 4.79 Å². The first-order chi connectivity index (χ1) is 15.8. The molecule has 0 saturated carbocycles. The molecule has 0 spiro atoms. The summed E-state index contributed by atoms with van der Waals surface area (Å²) < 4.78 is 27.1. The predicted octanol–water partition coefficient (Wildman–Crippen LogP) is 6.58. The Balaban J connectivity index is 1.99. The third-order valence-corrected chi connectivity index (χ3v) is 6.35. The molecular formula is C25H32F2N2O3S. The molecule has 2 aromatic carbocycles. The zero-order valence-electron chi connectivity index (χ0n) is 19.2. The van der Waals surface area contributed by atoms with Gasteiger partial charge < -0.3 is 15.3 Å². The van der Waals surface area contributed by atoms with Crippen molar-refractivity contribution in [3.05, 3.63) is 59.7 Å². The molecule has 0 radical (unpaired) electrons. The van der Waals surface area contributed by atoms with E-state index in [4.69, 9.17) is 5.11 Å². The van der Waals surface area contributed by atoms with Crippen LogP contribution in [0.1, 0.15) is 51.5 Å². The first-order valence-electron chi connectivity index (χ1n) is 11.3. The summed E-state index contributed by atoms with van der Waals surface area (Å²) >= 11 is 1.27. The summed E-state index contributed by atoms with van der Waals surface area (Å²) in [6.07, 6.45) is 5.85. The van der Waals surface area contributed by atoms with Gasteiger partial charge in [-0.1, -0.05) is 44.7 Å². The number of benzene rings is 2. The normalized spacial score (nSPS) is 11.8. The first kappa shape index (κ1) is 26.6. The Hall–Kier alpha value is -2.61. The number of unbranched alkanes of at least 4 members (excludes halogenated alkanes) is 4. The number of rotatable bonds is 13. The SMILES string of the molecule is CCCCCCCN(CCc1ccc(SC(C)C(=O)O)cc1)C(=O)Nc1ccc(F)cc1F. The molecule has 0 aliphatic carbocycles. The Labute approximate surface area is 198 Å². The maximum Gasteiger partial charge on any atom is 0.321 e. The van der Waals surface area contributed by atoms with Crippen LogP contribution in [0.15, 0.2) is 47.4 Å². The summed E-state index contributed by atoms with van der Waals surface area (Å²) in [6, 6.07) is 10.3. The zero-order valence-corrected chi connectivity index (χ0v) is 20.0. The van der Waals surface area contributed by atoms with Gasteiger partial charge in [-0.05, 0) is 49.6 Å². The highest BCUT2D eigenvalue weighted by atomic mass is 32.2. The lowest BCUT2D eigenvalue weighted by Gasteiger charge is -2.23. The second-order valence-corrected chi connectivity index (χ2v) is 9.36. The smallest absolute Gasteiger partial charge is 0.321 e. The Bertz CT molecular complexity index is 909. The lowest BCUT2D eigenvalue weighted by Crippen LogP contribution is -2.37. The Morgan fingerprint density at radius 1 is 1.03 bits per heavy atom. The molecule has 0 bridgehead atoms. The number of carbonyl (C=O) groups excluding carboxylic acids is 1. The minimum absolute atomic E-state index is 0.0497. The molecule has 2 aromatic rings. The molecule has 1 atom stereocenters. The van der Waals surface area contributed by atoms with Crippen LogP contribution in [0.25, 0.3) is 0 Å². The van der Waals surface area contributed by atoms with Crippen LogP contribution in [0, 0.1) is 11.6 Å².